The van der Waals surface area contributed by atoms with Crippen LogP contribution in [0.1, 0.15) is 13.8 Å². The highest BCUT2D eigenvalue weighted by atomic mass is 16.5. The van der Waals surface area contributed by atoms with Crippen LogP contribution in [0.2, 0.25) is 0 Å². The molecule has 0 aliphatic heterocycles. The molecule has 1 aromatic heterocycles. The lowest BCUT2D eigenvalue weighted by atomic mass is 10.1. The fourth-order valence-electron chi connectivity index (χ4n) is 1.80. The van der Waals surface area contributed by atoms with E-state index in [1.165, 1.54) is 0 Å². The lowest BCUT2D eigenvalue weighted by Crippen LogP contribution is -2.16. The van der Waals surface area contributed by atoms with Crippen molar-refractivity contribution in [2.45, 2.75) is 13.8 Å². The molecule has 18 heavy (non-hydrogen) atoms. The number of anilines is 1. The number of nitrogens with one attached hydrogen (secondary N) is 1. The Labute approximate surface area is 105 Å². The quantitative estimate of drug-likeness (QED) is 0.894. The van der Waals surface area contributed by atoms with Gasteiger partial charge in [-0.15, -0.1) is 5.10 Å². The monoisotopic (exact) mass is 247 g/mol. The van der Waals surface area contributed by atoms with Crippen LogP contribution in [0.3, 0.4) is 0 Å². The van der Waals surface area contributed by atoms with Crippen molar-refractivity contribution >= 4 is 16.5 Å². The highest BCUT2D eigenvalue weighted by Gasteiger charge is 2.09. The zero-order valence-corrected chi connectivity index (χ0v) is 10.9. The first-order chi connectivity index (χ1) is 8.67. The van der Waals surface area contributed by atoms with E-state index in [0.29, 0.717) is 17.9 Å². The first-order valence-electron chi connectivity index (χ1n) is 6.03. The van der Waals surface area contributed by atoms with Crippen molar-refractivity contribution in [1.82, 2.24) is 10.2 Å². The standard InChI is InChI=1S/C13H17N3O2/c1-4-16(3)9-6-7-10-11(8-9)13(18-5-2)15-14-12(10)17/h6-8H,4-5H2,1-3H3,(H,14,17). The van der Waals surface area contributed by atoms with E-state index in [9.17, 15) is 4.79 Å². The summed E-state index contributed by atoms with van der Waals surface area (Å²) in [7, 11) is 2.00. The van der Waals surface area contributed by atoms with Gasteiger partial charge in [-0.1, -0.05) is 0 Å². The predicted octanol–water partition coefficient (Wildman–Crippen LogP) is 1.78. The highest BCUT2D eigenvalue weighted by Crippen LogP contribution is 2.25. The molecule has 0 saturated heterocycles. The average molecular weight is 247 g/mol. The van der Waals surface area contributed by atoms with Gasteiger partial charge in [-0.3, -0.25) is 4.79 Å². The van der Waals surface area contributed by atoms with Crippen LogP contribution < -0.4 is 15.2 Å². The molecule has 0 atom stereocenters. The molecule has 0 saturated carbocycles. The van der Waals surface area contributed by atoms with Crippen LogP contribution in [-0.4, -0.2) is 30.4 Å². The van der Waals surface area contributed by atoms with Crippen molar-refractivity contribution < 1.29 is 4.74 Å². The van der Waals surface area contributed by atoms with Gasteiger partial charge in [0.25, 0.3) is 5.56 Å². The number of benzene rings is 1. The van der Waals surface area contributed by atoms with Crippen molar-refractivity contribution in [3.05, 3.63) is 28.6 Å². The molecular formula is C13H17N3O2. The number of aromatic nitrogens is 2. The van der Waals surface area contributed by atoms with Gasteiger partial charge in [-0.25, -0.2) is 5.10 Å². The Bertz CT molecular complexity index is 607. The second-order valence-electron chi connectivity index (χ2n) is 4.03. The normalized spacial score (nSPS) is 10.6. The van der Waals surface area contributed by atoms with E-state index in [-0.39, 0.29) is 5.56 Å². The summed E-state index contributed by atoms with van der Waals surface area (Å²) in [5.74, 6) is 0.471. The molecule has 0 amide bonds. The molecule has 1 heterocycles. The Kier molecular flexibility index (Phi) is 3.50. The van der Waals surface area contributed by atoms with Crippen LogP contribution in [0.4, 0.5) is 5.69 Å². The lowest BCUT2D eigenvalue weighted by molar-refractivity contribution is 0.327. The number of hydrogen-bond donors (Lipinski definition) is 1. The second kappa shape index (κ2) is 5.08. The van der Waals surface area contributed by atoms with E-state index < -0.39 is 0 Å². The fourth-order valence-corrected chi connectivity index (χ4v) is 1.80. The van der Waals surface area contributed by atoms with Crippen LogP contribution in [0.25, 0.3) is 10.8 Å². The average Bonchev–Trinajstić information content (AvgIpc) is 2.41. The maximum absolute atomic E-state index is 11.7. The molecule has 2 aromatic rings. The van der Waals surface area contributed by atoms with Gasteiger partial charge in [-0.2, -0.15) is 0 Å². The van der Waals surface area contributed by atoms with Gasteiger partial charge in [0.15, 0.2) is 0 Å². The maximum Gasteiger partial charge on any atom is 0.272 e. The Morgan fingerprint density at radius 3 is 2.78 bits per heavy atom. The summed E-state index contributed by atoms with van der Waals surface area (Å²) in [6.45, 7) is 5.37. The molecular weight excluding hydrogens is 230 g/mol. The molecule has 1 N–H and O–H groups in total. The van der Waals surface area contributed by atoms with E-state index in [2.05, 4.69) is 22.0 Å². The van der Waals surface area contributed by atoms with Gasteiger partial charge in [0.1, 0.15) is 0 Å². The molecule has 5 nitrogen and oxygen atoms in total. The first-order valence-corrected chi connectivity index (χ1v) is 6.03. The number of hydrogen-bond acceptors (Lipinski definition) is 4. The molecule has 5 heteroatoms. The van der Waals surface area contributed by atoms with Crippen molar-refractivity contribution in [2.24, 2.45) is 0 Å². The largest absolute Gasteiger partial charge is 0.477 e. The number of aromatic amines is 1. The minimum Gasteiger partial charge on any atom is -0.477 e. The number of fused-ring (bicyclic) bond motifs is 1. The van der Waals surface area contributed by atoms with Crippen molar-refractivity contribution in [2.75, 3.05) is 25.1 Å². The zero-order chi connectivity index (χ0) is 13.1. The van der Waals surface area contributed by atoms with Crippen LogP contribution in [0, 0.1) is 0 Å². The number of H-pyrrole nitrogens is 1. The summed E-state index contributed by atoms with van der Waals surface area (Å²) in [5.41, 5.74) is 0.845. The van der Waals surface area contributed by atoms with Crippen molar-refractivity contribution in [1.29, 1.82) is 0 Å². The van der Waals surface area contributed by atoms with Crippen LogP contribution in [0.5, 0.6) is 5.88 Å². The number of ether oxygens (including phenoxy) is 1. The van der Waals surface area contributed by atoms with Gasteiger partial charge in [0.05, 0.1) is 17.4 Å². The van der Waals surface area contributed by atoms with Crippen LogP contribution in [-0.2, 0) is 0 Å². The summed E-state index contributed by atoms with van der Waals surface area (Å²) in [5, 5.41) is 7.74. The molecule has 0 unspecified atom stereocenters. The van der Waals surface area contributed by atoms with Crippen molar-refractivity contribution in [3.63, 3.8) is 0 Å². The Morgan fingerprint density at radius 1 is 1.33 bits per heavy atom. The van der Waals surface area contributed by atoms with E-state index in [4.69, 9.17) is 4.74 Å². The predicted molar refractivity (Wildman–Crippen MR) is 72.5 cm³/mol. The molecule has 0 radical (unpaired) electrons. The third-order valence-electron chi connectivity index (χ3n) is 2.93. The lowest BCUT2D eigenvalue weighted by Gasteiger charge is -2.17. The van der Waals surface area contributed by atoms with Gasteiger partial charge in [-0.05, 0) is 32.0 Å². The van der Waals surface area contributed by atoms with E-state index in [0.717, 1.165) is 17.6 Å². The summed E-state index contributed by atoms with van der Waals surface area (Å²) >= 11 is 0. The molecule has 0 bridgehead atoms. The molecule has 1 aromatic carbocycles. The third-order valence-corrected chi connectivity index (χ3v) is 2.93. The first kappa shape index (κ1) is 12.4. The zero-order valence-electron chi connectivity index (χ0n) is 10.9. The Hall–Kier alpha value is -2.04. The number of nitrogens with zero attached hydrogens (tertiary/aromatic N) is 2. The Balaban J connectivity index is 2.65. The Morgan fingerprint density at radius 2 is 2.11 bits per heavy atom. The second-order valence-corrected chi connectivity index (χ2v) is 4.03. The van der Waals surface area contributed by atoms with Gasteiger partial charge < -0.3 is 9.64 Å². The smallest absolute Gasteiger partial charge is 0.272 e. The minimum atomic E-state index is -0.195. The maximum atomic E-state index is 11.7. The van der Waals surface area contributed by atoms with Gasteiger partial charge in [0.2, 0.25) is 5.88 Å². The summed E-state index contributed by atoms with van der Waals surface area (Å²) in [6.07, 6.45) is 0. The topological polar surface area (TPSA) is 58.2 Å². The summed E-state index contributed by atoms with van der Waals surface area (Å²) in [4.78, 5) is 13.8. The highest BCUT2D eigenvalue weighted by molar-refractivity contribution is 5.88. The summed E-state index contributed by atoms with van der Waals surface area (Å²) in [6, 6.07) is 5.67. The summed E-state index contributed by atoms with van der Waals surface area (Å²) < 4.78 is 5.44. The molecule has 2 rings (SSSR count). The van der Waals surface area contributed by atoms with Gasteiger partial charge >= 0.3 is 0 Å². The van der Waals surface area contributed by atoms with E-state index in [1.54, 1.807) is 6.07 Å². The molecule has 96 valence electrons. The minimum absolute atomic E-state index is 0.195. The number of rotatable bonds is 4. The van der Waals surface area contributed by atoms with Crippen molar-refractivity contribution in [3.8, 4) is 5.88 Å². The van der Waals surface area contributed by atoms with E-state index in [1.807, 2.05) is 26.1 Å². The fraction of sp³-hybridized carbons (Fsp3) is 0.385. The van der Waals surface area contributed by atoms with Crippen LogP contribution >= 0.6 is 0 Å². The van der Waals surface area contributed by atoms with Crippen LogP contribution in [0.15, 0.2) is 23.0 Å². The SMILES string of the molecule is CCOc1n[nH]c(=O)c2ccc(N(C)CC)cc12. The molecule has 0 fully saturated rings. The molecule has 0 spiro atoms. The molecule has 0 aliphatic rings. The van der Waals surface area contributed by atoms with E-state index >= 15 is 0 Å². The van der Waals surface area contributed by atoms with Gasteiger partial charge in [0, 0.05) is 19.3 Å². The molecule has 0 aliphatic carbocycles. The third kappa shape index (κ3) is 2.16.